The van der Waals surface area contributed by atoms with Crippen LogP contribution in [0.4, 0.5) is 0 Å². The van der Waals surface area contributed by atoms with Crippen molar-refractivity contribution in [3.63, 3.8) is 0 Å². The molecule has 0 aliphatic rings. The third-order valence-corrected chi connectivity index (χ3v) is 16.2. The van der Waals surface area contributed by atoms with E-state index >= 15 is 0 Å². The van der Waals surface area contributed by atoms with Gasteiger partial charge < -0.3 is 20.1 Å². The lowest BCUT2D eigenvalue weighted by molar-refractivity contribution is -0.161. The molecule has 83 heavy (non-hydrogen) atoms. The molecule has 0 fully saturated rings. The lowest BCUT2D eigenvalue weighted by Crippen LogP contribution is -2.29. The van der Waals surface area contributed by atoms with Crippen molar-refractivity contribution in [2.45, 2.75) is 341 Å². The van der Waals surface area contributed by atoms with Crippen molar-refractivity contribution in [2.24, 2.45) is 5.73 Å². The number of esters is 2. The van der Waals surface area contributed by atoms with Crippen molar-refractivity contribution in [1.29, 1.82) is 0 Å². The standard InChI is InChI=1S/C73H132NO8P/c1-3-5-7-9-11-13-15-17-19-21-23-25-27-29-31-33-35-37-39-41-43-45-47-49-51-53-55-57-59-61-63-65-72(75)79-69-71(70-81-83(77,78)80-68-67-74)82-73(76)66-64-62-60-58-56-54-52-50-48-46-44-42-40-38-36-34-32-30-28-26-24-22-20-18-16-14-12-10-8-6-4-2/h6,8,12,14-15,17-18,20-21,23-24,26,30,32,71H,3-5,7,9-11,13,16,19,22,25,27-29,31,33-70,74H2,1-2H3,(H,77,78)/b8-6-,14-12-,17-15-,20-18-,23-21-,26-24-,32-30-. The van der Waals surface area contributed by atoms with Crippen molar-refractivity contribution >= 4 is 19.8 Å². The Balaban J connectivity index is 3.86. The highest BCUT2D eigenvalue weighted by molar-refractivity contribution is 7.47. The lowest BCUT2D eigenvalue weighted by atomic mass is 10.0. The molecule has 0 saturated heterocycles. The summed E-state index contributed by atoms with van der Waals surface area (Å²) in [4.78, 5) is 35.4. The average Bonchev–Trinajstić information content (AvgIpc) is 3.48. The van der Waals surface area contributed by atoms with Gasteiger partial charge in [0.05, 0.1) is 13.2 Å². The number of phosphoric ester groups is 1. The minimum absolute atomic E-state index is 0.0525. The number of rotatable bonds is 66. The summed E-state index contributed by atoms with van der Waals surface area (Å²) in [7, 11) is -4.40. The summed E-state index contributed by atoms with van der Waals surface area (Å²) in [6.45, 7) is 3.67. The number of phosphoric acid groups is 1. The van der Waals surface area contributed by atoms with Crippen LogP contribution in [0.15, 0.2) is 85.1 Å². The first-order valence-electron chi connectivity index (χ1n) is 35.1. The van der Waals surface area contributed by atoms with Crippen LogP contribution in [0.2, 0.25) is 0 Å². The molecule has 0 aliphatic carbocycles. The Morgan fingerprint density at radius 3 is 0.988 bits per heavy atom. The van der Waals surface area contributed by atoms with Crippen LogP contribution in [0.25, 0.3) is 0 Å². The van der Waals surface area contributed by atoms with E-state index in [1.165, 1.54) is 225 Å². The van der Waals surface area contributed by atoms with Crippen LogP contribution >= 0.6 is 7.82 Å². The van der Waals surface area contributed by atoms with Crippen LogP contribution in [0.1, 0.15) is 335 Å². The topological polar surface area (TPSA) is 134 Å². The van der Waals surface area contributed by atoms with Gasteiger partial charge in [-0.1, -0.05) is 317 Å². The predicted octanol–water partition coefficient (Wildman–Crippen LogP) is 23.0. The van der Waals surface area contributed by atoms with E-state index < -0.39 is 26.5 Å². The quantitative estimate of drug-likeness (QED) is 0.0264. The summed E-state index contributed by atoms with van der Waals surface area (Å²) in [5, 5.41) is 0. The number of hydrogen-bond acceptors (Lipinski definition) is 8. The van der Waals surface area contributed by atoms with E-state index in [9.17, 15) is 19.0 Å². The fourth-order valence-electron chi connectivity index (χ4n) is 10.1. The molecule has 10 heteroatoms. The molecule has 0 heterocycles. The summed E-state index contributed by atoms with van der Waals surface area (Å²) < 4.78 is 33.2. The highest BCUT2D eigenvalue weighted by atomic mass is 31.2. The van der Waals surface area contributed by atoms with E-state index in [0.29, 0.717) is 6.42 Å². The predicted molar refractivity (Wildman–Crippen MR) is 358 cm³/mol. The van der Waals surface area contributed by atoms with Gasteiger partial charge in [-0.15, -0.1) is 0 Å². The molecule has 0 radical (unpaired) electrons. The average molecular weight is 1180 g/mol. The smallest absolute Gasteiger partial charge is 0.462 e. The third kappa shape index (κ3) is 68.2. The maximum atomic E-state index is 12.8. The highest BCUT2D eigenvalue weighted by Gasteiger charge is 2.26. The van der Waals surface area contributed by atoms with Gasteiger partial charge in [-0.05, 0) is 89.9 Å². The Morgan fingerprint density at radius 2 is 0.663 bits per heavy atom. The van der Waals surface area contributed by atoms with Crippen molar-refractivity contribution in [2.75, 3.05) is 26.4 Å². The maximum Gasteiger partial charge on any atom is 0.472 e. The molecule has 2 atom stereocenters. The fraction of sp³-hybridized carbons (Fsp3) is 0.781. The molecule has 0 rings (SSSR count). The van der Waals surface area contributed by atoms with Gasteiger partial charge in [0, 0.05) is 19.4 Å². The third-order valence-electron chi connectivity index (χ3n) is 15.3. The Bertz CT molecular complexity index is 1640. The van der Waals surface area contributed by atoms with Gasteiger partial charge in [-0.2, -0.15) is 0 Å². The minimum Gasteiger partial charge on any atom is -0.462 e. The van der Waals surface area contributed by atoms with Crippen LogP contribution in [0, 0.1) is 0 Å². The van der Waals surface area contributed by atoms with Gasteiger partial charge in [0.2, 0.25) is 0 Å². The monoisotopic (exact) mass is 1180 g/mol. The number of hydrogen-bond donors (Lipinski definition) is 2. The number of ether oxygens (including phenoxy) is 2. The number of nitrogens with two attached hydrogens (primary N) is 1. The molecule has 0 aromatic rings. The van der Waals surface area contributed by atoms with Crippen molar-refractivity contribution < 1.29 is 37.6 Å². The number of unbranched alkanes of at least 4 members (excludes halogenated alkanes) is 39. The second kappa shape index (κ2) is 68.3. The van der Waals surface area contributed by atoms with Gasteiger partial charge in [-0.3, -0.25) is 18.6 Å². The van der Waals surface area contributed by atoms with Gasteiger partial charge >= 0.3 is 19.8 Å². The summed E-state index contributed by atoms with van der Waals surface area (Å²) in [6.07, 6.45) is 91.0. The molecule has 0 aromatic carbocycles. The van der Waals surface area contributed by atoms with E-state index in [4.69, 9.17) is 24.3 Å². The summed E-state index contributed by atoms with van der Waals surface area (Å²) >= 11 is 0. The molecule has 0 bridgehead atoms. The van der Waals surface area contributed by atoms with E-state index in [0.717, 1.165) is 77.0 Å². The van der Waals surface area contributed by atoms with E-state index in [1.807, 2.05) is 0 Å². The van der Waals surface area contributed by atoms with Gasteiger partial charge in [0.25, 0.3) is 0 Å². The molecule has 0 spiro atoms. The zero-order valence-corrected chi connectivity index (χ0v) is 55.1. The first-order valence-corrected chi connectivity index (χ1v) is 36.6. The molecule has 482 valence electrons. The molecule has 0 saturated carbocycles. The molecule has 0 aliphatic heterocycles. The highest BCUT2D eigenvalue weighted by Crippen LogP contribution is 2.43. The van der Waals surface area contributed by atoms with E-state index in [2.05, 4.69) is 98.9 Å². The Hall–Kier alpha value is -2.81. The Labute approximate surface area is 513 Å². The van der Waals surface area contributed by atoms with Gasteiger partial charge in [0.15, 0.2) is 6.10 Å². The number of carbonyl (C=O) groups excluding carboxylic acids is 2. The van der Waals surface area contributed by atoms with E-state index in [-0.39, 0.29) is 38.6 Å². The Kier molecular flexibility index (Phi) is 66.0. The summed E-state index contributed by atoms with van der Waals surface area (Å²) in [5.41, 5.74) is 5.40. The van der Waals surface area contributed by atoms with Crippen LogP contribution in [0.5, 0.6) is 0 Å². The first-order chi connectivity index (χ1) is 40.8. The molecule has 3 N–H and O–H groups in total. The zero-order chi connectivity index (χ0) is 60.1. The van der Waals surface area contributed by atoms with Gasteiger partial charge in [-0.25, -0.2) is 4.57 Å². The first kappa shape index (κ1) is 80.2. The lowest BCUT2D eigenvalue weighted by Gasteiger charge is -2.19. The molecule has 0 amide bonds. The SMILES string of the molecule is CC/C=C\C/C=C\C/C=C\C/C=C\C/C=C\CCCCCCCCCCCCCCCCCC(=O)OC(COC(=O)CCCCCCCCCCCCCCCCCCCCC/C=C\C/C=C\CCCCCCC)COP(=O)(O)OCCN. The Morgan fingerprint density at radius 1 is 0.373 bits per heavy atom. The molecular formula is C73H132NO8P. The minimum atomic E-state index is -4.40. The fourth-order valence-corrected chi connectivity index (χ4v) is 10.9. The maximum absolute atomic E-state index is 12.8. The van der Waals surface area contributed by atoms with Crippen LogP contribution < -0.4 is 5.73 Å². The van der Waals surface area contributed by atoms with Crippen LogP contribution in [-0.2, 0) is 32.7 Å². The normalized spacial score (nSPS) is 13.4. The van der Waals surface area contributed by atoms with Crippen molar-refractivity contribution in [3.05, 3.63) is 85.1 Å². The number of allylic oxidation sites excluding steroid dienone is 14. The summed E-state index contributed by atoms with van der Waals surface area (Å²) in [6, 6.07) is 0. The van der Waals surface area contributed by atoms with Crippen molar-refractivity contribution in [1.82, 2.24) is 0 Å². The van der Waals surface area contributed by atoms with Crippen LogP contribution in [0.3, 0.4) is 0 Å². The zero-order valence-electron chi connectivity index (χ0n) is 54.2. The molecular weight excluding hydrogens is 1050 g/mol. The summed E-state index contributed by atoms with van der Waals surface area (Å²) in [5.74, 6) is -0.815. The molecule has 9 nitrogen and oxygen atoms in total. The molecule has 2 unspecified atom stereocenters. The van der Waals surface area contributed by atoms with E-state index in [1.54, 1.807) is 0 Å². The second-order valence-corrected chi connectivity index (χ2v) is 24.8. The van der Waals surface area contributed by atoms with Crippen molar-refractivity contribution in [3.8, 4) is 0 Å². The number of carbonyl (C=O) groups is 2. The largest absolute Gasteiger partial charge is 0.472 e. The molecule has 0 aromatic heterocycles. The van der Waals surface area contributed by atoms with Gasteiger partial charge in [0.1, 0.15) is 6.61 Å². The van der Waals surface area contributed by atoms with Crippen LogP contribution in [-0.4, -0.2) is 49.3 Å². The second-order valence-electron chi connectivity index (χ2n) is 23.4.